The van der Waals surface area contributed by atoms with E-state index in [2.05, 4.69) is 10.6 Å². The molecule has 2 N–H and O–H groups in total. The van der Waals surface area contributed by atoms with Crippen LogP contribution in [0.2, 0.25) is 0 Å². The van der Waals surface area contributed by atoms with Gasteiger partial charge < -0.3 is 20.1 Å². The topological polar surface area (TPSA) is 76.7 Å². The Morgan fingerprint density at radius 3 is 2.34 bits per heavy atom. The Kier molecular flexibility index (Phi) is 7.44. The Hall–Kier alpha value is -3.02. The maximum atomic E-state index is 13.5. The lowest BCUT2D eigenvalue weighted by Crippen LogP contribution is -2.50. The third-order valence-corrected chi connectivity index (χ3v) is 5.91. The Balaban J connectivity index is 1.75. The average Bonchev–Trinajstić information content (AvgIpc) is 2.77. The summed E-state index contributed by atoms with van der Waals surface area (Å²) in [5, 5.41) is 6.11. The van der Waals surface area contributed by atoms with Gasteiger partial charge in [0.05, 0.1) is 12.5 Å². The van der Waals surface area contributed by atoms with Gasteiger partial charge in [-0.1, -0.05) is 42.5 Å². The lowest BCUT2D eigenvalue weighted by Gasteiger charge is -2.39. The highest BCUT2D eigenvalue weighted by atomic mass is 16.6. The zero-order valence-corrected chi connectivity index (χ0v) is 19.4. The molecule has 1 saturated carbocycles. The van der Waals surface area contributed by atoms with Crippen molar-refractivity contribution < 1.29 is 19.1 Å². The van der Waals surface area contributed by atoms with Gasteiger partial charge in [0.1, 0.15) is 11.4 Å². The number of carbonyl (C=O) groups excluding carboxylic acids is 2. The molecule has 0 radical (unpaired) electrons. The summed E-state index contributed by atoms with van der Waals surface area (Å²) in [5.41, 5.74) is 0.788. The maximum Gasteiger partial charge on any atom is 0.407 e. The summed E-state index contributed by atoms with van der Waals surface area (Å²) in [6.45, 7) is 6.01. The van der Waals surface area contributed by atoms with Crippen LogP contribution in [0.25, 0.3) is 0 Å². The number of hydrogen-bond donors (Lipinski definition) is 2. The first-order valence-corrected chi connectivity index (χ1v) is 11.2. The summed E-state index contributed by atoms with van der Waals surface area (Å²) in [4.78, 5) is 25.8. The molecule has 1 aliphatic carbocycles. The van der Waals surface area contributed by atoms with Gasteiger partial charge in [-0.3, -0.25) is 4.79 Å². The fourth-order valence-corrected chi connectivity index (χ4v) is 4.24. The first-order valence-electron chi connectivity index (χ1n) is 11.2. The summed E-state index contributed by atoms with van der Waals surface area (Å²) in [6, 6.07) is 17.6. The van der Waals surface area contributed by atoms with Crippen LogP contribution < -0.4 is 15.4 Å². The van der Waals surface area contributed by atoms with Crippen molar-refractivity contribution >= 4 is 12.0 Å². The van der Waals surface area contributed by atoms with Crippen molar-refractivity contribution in [2.75, 3.05) is 7.11 Å². The van der Waals surface area contributed by atoms with Gasteiger partial charge >= 0.3 is 6.09 Å². The summed E-state index contributed by atoms with van der Waals surface area (Å²) in [6.07, 6.45) is 2.22. The fourth-order valence-electron chi connectivity index (χ4n) is 4.24. The van der Waals surface area contributed by atoms with Crippen molar-refractivity contribution in [3.05, 3.63) is 65.7 Å². The molecule has 0 unspecified atom stereocenters. The molecule has 0 saturated heterocycles. The average molecular weight is 439 g/mol. The quantitative estimate of drug-likeness (QED) is 0.684. The Labute approximate surface area is 190 Å². The minimum absolute atomic E-state index is 0.00493. The fraction of sp³-hybridized carbons (Fsp3) is 0.462. The molecule has 6 nitrogen and oxygen atoms in total. The predicted octanol–water partition coefficient (Wildman–Crippen LogP) is 4.72. The van der Waals surface area contributed by atoms with Crippen LogP contribution in [-0.4, -0.2) is 30.8 Å². The van der Waals surface area contributed by atoms with E-state index in [0.29, 0.717) is 32.2 Å². The van der Waals surface area contributed by atoms with Crippen molar-refractivity contribution in [2.45, 2.75) is 70.1 Å². The molecular formula is C26H34N2O4. The van der Waals surface area contributed by atoms with E-state index in [1.807, 2.05) is 75.4 Å². The molecule has 0 bridgehead atoms. The molecule has 3 rings (SSSR count). The number of amides is 2. The normalized spacial score (nSPS) is 20.8. The van der Waals surface area contributed by atoms with Crippen molar-refractivity contribution in [3.63, 3.8) is 0 Å². The van der Waals surface area contributed by atoms with Gasteiger partial charge in [0.2, 0.25) is 5.91 Å². The highest BCUT2D eigenvalue weighted by molar-refractivity contribution is 5.88. The molecule has 2 amide bonds. The van der Waals surface area contributed by atoms with E-state index in [9.17, 15) is 9.59 Å². The zero-order valence-electron chi connectivity index (χ0n) is 19.4. The monoisotopic (exact) mass is 438 g/mol. The lowest BCUT2D eigenvalue weighted by atomic mass is 9.67. The molecule has 0 heterocycles. The van der Waals surface area contributed by atoms with Crippen molar-refractivity contribution in [1.29, 1.82) is 0 Å². The van der Waals surface area contributed by atoms with E-state index in [1.165, 1.54) is 0 Å². The second-order valence-electron chi connectivity index (χ2n) is 9.40. The van der Waals surface area contributed by atoms with E-state index < -0.39 is 17.1 Å². The van der Waals surface area contributed by atoms with Crippen LogP contribution in [0, 0.1) is 0 Å². The van der Waals surface area contributed by atoms with Crippen LogP contribution >= 0.6 is 0 Å². The standard InChI is InChI=1S/C26H34N2O4/c1-25(2,3)32-24(30)28-21-13-15-26(16-14-21,20-11-8-12-22(17-20)31-4)23(29)27-18-19-9-6-5-7-10-19/h5-12,17,21H,13-16,18H2,1-4H3,(H,27,29)(H,28,30). The number of hydrogen-bond acceptors (Lipinski definition) is 4. The van der Waals surface area contributed by atoms with Crippen molar-refractivity contribution in [3.8, 4) is 5.75 Å². The van der Waals surface area contributed by atoms with Gasteiger partial charge in [-0.25, -0.2) is 4.79 Å². The summed E-state index contributed by atoms with van der Waals surface area (Å²) in [5.74, 6) is 0.733. The third kappa shape index (κ3) is 6.02. The second-order valence-corrected chi connectivity index (χ2v) is 9.40. The number of ether oxygens (including phenoxy) is 2. The van der Waals surface area contributed by atoms with Gasteiger partial charge in [-0.2, -0.15) is 0 Å². The van der Waals surface area contributed by atoms with Gasteiger partial charge in [0, 0.05) is 12.6 Å². The molecule has 32 heavy (non-hydrogen) atoms. The number of carbonyl (C=O) groups is 2. The minimum atomic E-state index is -0.671. The minimum Gasteiger partial charge on any atom is -0.497 e. The second kappa shape index (κ2) is 10.1. The highest BCUT2D eigenvalue weighted by Gasteiger charge is 2.43. The number of rotatable bonds is 6. The molecule has 0 spiro atoms. The van der Waals surface area contributed by atoms with Crippen LogP contribution in [0.4, 0.5) is 4.79 Å². The zero-order chi connectivity index (χ0) is 23.2. The molecule has 1 fully saturated rings. The summed E-state index contributed by atoms with van der Waals surface area (Å²) in [7, 11) is 1.63. The summed E-state index contributed by atoms with van der Waals surface area (Å²) < 4.78 is 10.8. The SMILES string of the molecule is COc1cccc(C2(C(=O)NCc3ccccc3)CCC(NC(=O)OC(C)(C)C)CC2)c1. The molecule has 1 aliphatic rings. The number of methoxy groups -OCH3 is 1. The number of nitrogens with one attached hydrogen (secondary N) is 2. The van der Waals surface area contributed by atoms with Crippen LogP contribution in [0.5, 0.6) is 5.75 Å². The van der Waals surface area contributed by atoms with Crippen LogP contribution in [0.1, 0.15) is 57.6 Å². The van der Waals surface area contributed by atoms with Crippen LogP contribution in [0.15, 0.2) is 54.6 Å². The van der Waals surface area contributed by atoms with Crippen molar-refractivity contribution in [2.24, 2.45) is 0 Å². The van der Waals surface area contributed by atoms with Crippen LogP contribution in [-0.2, 0) is 21.5 Å². The molecule has 2 aromatic carbocycles. The Morgan fingerprint density at radius 1 is 1.03 bits per heavy atom. The van der Waals surface area contributed by atoms with E-state index >= 15 is 0 Å². The first-order chi connectivity index (χ1) is 15.2. The van der Waals surface area contributed by atoms with Gasteiger partial charge in [0.15, 0.2) is 0 Å². The molecule has 0 atom stereocenters. The van der Waals surface area contributed by atoms with Gasteiger partial charge in [-0.15, -0.1) is 0 Å². The predicted molar refractivity (Wildman–Crippen MR) is 125 cm³/mol. The Morgan fingerprint density at radius 2 is 1.72 bits per heavy atom. The van der Waals surface area contributed by atoms with E-state index in [0.717, 1.165) is 16.9 Å². The van der Waals surface area contributed by atoms with Crippen molar-refractivity contribution in [1.82, 2.24) is 10.6 Å². The molecule has 6 heteroatoms. The molecule has 0 aromatic heterocycles. The maximum absolute atomic E-state index is 13.5. The number of benzene rings is 2. The summed E-state index contributed by atoms with van der Waals surface area (Å²) >= 11 is 0. The third-order valence-electron chi connectivity index (χ3n) is 5.91. The number of alkyl carbamates (subject to hydrolysis) is 1. The van der Waals surface area contributed by atoms with E-state index in [-0.39, 0.29) is 11.9 Å². The molecular weight excluding hydrogens is 404 g/mol. The van der Waals surface area contributed by atoms with Crippen LogP contribution in [0.3, 0.4) is 0 Å². The first kappa shape index (κ1) is 23.6. The molecule has 172 valence electrons. The molecule has 0 aliphatic heterocycles. The van der Waals surface area contributed by atoms with E-state index in [4.69, 9.17) is 9.47 Å². The van der Waals surface area contributed by atoms with Gasteiger partial charge in [-0.05, 0) is 69.7 Å². The smallest absolute Gasteiger partial charge is 0.407 e. The Bertz CT molecular complexity index is 913. The largest absolute Gasteiger partial charge is 0.497 e. The molecule has 2 aromatic rings. The van der Waals surface area contributed by atoms with Gasteiger partial charge in [0.25, 0.3) is 0 Å². The lowest BCUT2D eigenvalue weighted by molar-refractivity contribution is -0.128. The highest BCUT2D eigenvalue weighted by Crippen LogP contribution is 2.41. The van der Waals surface area contributed by atoms with E-state index in [1.54, 1.807) is 7.11 Å².